The quantitative estimate of drug-likeness (QED) is 0.0714. The zero-order valence-corrected chi connectivity index (χ0v) is 42.1. The van der Waals surface area contributed by atoms with Crippen LogP contribution in [0.2, 0.25) is 0 Å². The first kappa shape index (κ1) is 53.3. The number of Topliss-reactive ketones (excluding diaryl/α,β-unsaturated/α-hetero) is 3. The molecule has 3 aliphatic rings. The zero-order valence-electron chi connectivity index (χ0n) is 42.1. The predicted octanol–water partition coefficient (Wildman–Crippen LogP) is 6.70. The minimum atomic E-state index is -1.25. The zero-order chi connectivity index (χ0) is 51.5. The Hall–Kier alpha value is -6.54. The third-order valence-electron chi connectivity index (χ3n) is 14.5. The van der Waals surface area contributed by atoms with Crippen LogP contribution < -0.4 is 36.7 Å². The monoisotopic (exact) mass is 983 g/mol. The van der Waals surface area contributed by atoms with E-state index >= 15 is 0 Å². The van der Waals surface area contributed by atoms with Gasteiger partial charge in [-0.2, -0.15) is 5.26 Å². The van der Waals surface area contributed by atoms with Crippen molar-refractivity contribution in [1.29, 1.82) is 5.26 Å². The van der Waals surface area contributed by atoms with Gasteiger partial charge in [0.1, 0.15) is 36.5 Å². The van der Waals surface area contributed by atoms with Crippen molar-refractivity contribution in [2.75, 3.05) is 39.9 Å². The second-order valence-electron chi connectivity index (χ2n) is 19.7. The first-order chi connectivity index (χ1) is 34.7. The maximum absolute atomic E-state index is 14.9. The molecule has 7 N–H and O–H groups in total. The molecule has 4 aromatic rings. The summed E-state index contributed by atoms with van der Waals surface area (Å²) in [4.78, 5) is 82.4. The molecule has 16 nitrogen and oxygen atoms in total. The van der Waals surface area contributed by atoms with E-state index in [2.05, 4.69) is 5.32 Å². The first-order valence-corrected chi connectivity index (χ1v) is 25.5. The Morgan fingerprint density at radius 2 is 1.47 bits per heavy atom. The third kappa shape index (κ3) is 12.7. The summed E-state index contributed by atoms with van der Waals surface area (Å²) in [5.41, 5.74) is 22.1. The molecule has 0 saturated heterocycles. The van der Waals surface area contributed by atoms with Crippen molar-refractivity contribution in [2.45, 2.75) is 116 Å². The van der Waals surface area contributed by atoms with E-state index in [1.165, 1.54) is 37.6 Å². The minimum Gasteiger partial charge on any atom is -0.492 e. The van der Waals surface area contributed by atoms with Gasteiger partial charge in [-0.15, -0.1) is 0 Å². The van der Waals surface area contributed by atoms with Crippen LogP contribution in [0, 0.1) is 48.9 Å². The number of hydrogen-bond donors (Lipinski definition) is 4. The number of ketones is 3. The highest BCUT2D eigenvalue weighted by atomic mass is 16.5. The van der Waals surface area contributed by atoms with Gasteiger partial charge in [-0.3, -0.25) is 24.0 Å². The van der Waals surface area contributed by atoms with Crippen LogP contribution in [0.3, 0.4) is 0 Å². The van der Waals surface area contributed by atoms with Gasteiger partial charge >= 0.3 is 0 Å². The van der Waals surface area contributed by atoms with Gasteiger partial charge in [-0.25, -0.2) is 9.97 Å². The van der Waals surface area contributed by atoms with Crippen LogP contribution in [0.4, 0.5) is 0 Å². The SMILES string of the molecule is Cc1nc(-c2ccc(OC3C[C@H]4CCCC[C@H]4C3)cc2)nc(C)c1C(=O)C[C@@H](CCN)C(=O)N(C)[C@@H]1C(=O)C[C@@H](C)C(=O)N[C@H](C(=O)CCC#N)Cc2ccc(OCCN)c(c2)-c2cc1ccc2OCCN. The summed E-state index contributed by atoms with van der Waals surface area (Å²) in [5, 5.41) is 12.1. The van der Waals surface area contributed by atoms with Gasteiger partial charge in [0.2, 0.25) is 11.8 Å². The topological polar surface area (TPSA) is 256 Å². The Labute approximate surface area is 422 Å². The number of aromatic nitrogens is 2. The van der Waals surface area contributed by atoms with Crippen molar-refractivity contribution in [1.82, 2.24) is 20.2 Å². The van der Waals surface area contributed by atoms with Gasteiger partial charge in [0, 0.05) is 74.3 Å². The first-order valence-electron chi connectivity index (χ1n) is 25.5. The van der Waals surface area contributed by atoms with Gasteiger partial charge in [0.05, 0.1) is 35.2 Å². The smallest absolute Gasteiger partial charge is 0.226 e. The number of carbonyl (C=O) groups excluding carboxylic acids is 5. The van der Waals surface area contributed by atoms with Crippen LogP contribution in [0.15, 0.2) is 60.7 Å². The highest BCUT2D eigenvalue weighted by Gasteiger charge is 2.38. The molecule has 4 bridgehead atoms. The minimum absolute atomic E-state index is 0.0326. The number of fused-ring (bicyclic) bond motifs is 6. The molecule has 16 heteroatoms. The fraction of sp³-hybridized carbons (Fsp3) is 0.500. The maximum atomic E-state index is 14.9. The summed E-state index contributed by atoms with van der Waals surface area (Å²) in [7, 11) is 1.51. The number of ether oxygens (including phenoxy) is 3. The third-order valence-corrected chi connectivity index (χ3v) is 14.5. The van der Waals surface area contributed by atoms with Crippen molar-refractivity contribution in [2.24, 2.45) is 40.9 Å². The van der Waals surface area contributed by atoms with E-state index in [1.807, 2.05) is 36.4 Å². The van der Waals surface area contributed by atoms with Crippen LogP contribution in [0.1, 0.15) is 116 Å². The molecule has 7 rings (SSSR count). The Morgan fingerprint density at radius 1 is 0.847 bits per heavy atom. The molecule has 3 aromatic carbocycles. The number of benzene rings is 3. The molecule has 1 aliphatic heterocycles. The summed E-state index contributed by atoms with van der Waals surface area (Å²) in [6.45, 7) is 5.94. The summed E-state index contributed by atoms with van der Waals surface area (Å²) < 4.78 is 18.7. The van der Waals surface area contributed by atoms with E-state index < -0.39 is 41.5 Å². The number of amides is 2. The lowest BCUT2D eigenvalue weighted by molar-refractivity contribution is -0.142. The Balaban J connectivity index is 1.18. The molecule has 1 aromatic heterocycles. The molecule has 72 heavy (non-hydrogen) atoms. The second-order valence-corrected chi connectivity index (χ2v) is 19.7. The van der Waals surface area contributed by atoms with E-state index in [4.69, 9.17) is 41.4 Å². The maximum Gasteiger partial charge on any atom is 0.226 e. The Bertz CT molecular complexity index is 2610. The van der Waals surface area contributed by atoms with Gasteiger partial charge < -0.3 is 41.6 Å². The summed E-state index contributed by atoms with van der Waals surface area (Å²) >= 11 is 0. The molecule has 2 heterocycles. The average Bonchev–Trinajstić information content (AvgIpc) is 3.78. The number of hydrogen-bond acceptors (Lipinski definition) is 14. The van der Waals surface area contributed by atoms with Crippen molar-refractivity contribution < 1.29 is 38.2 Å². The summed E-state index contributed by atoms with van der Waals surface area (Å²) in [5.74, 6) is -0.364. The lowest BCUT2D eigenvalue weighted by atomic mass is 9.82. The van der Waals surface area contributed by atoms with E-state index in [-0.39, 0.29) is 89.0 Å². The van der Waals surface area contributed by atoms with Crippen molar-refractivity contribution in [3.63, 3.8) is 0 Å². The van der Waals surface area contributed by atoms with Gasteiger partial charge in [0.15, 0.2) is 23.2 Å². The summed E-state index contributed by atoms with van der Waals surface area (Å²) in [6, 6.07) is 18.0. The molecular weight excluding hydrogens is 913 g/mol. The van der Waals surface area contributed by atoms with E-state index in [1.54, 1.807) is 51.1 Å². The highest BCUT2D eigenvalue weighted by Crippen LogP contribution is 2.44. The molecule has 7 atom stereocenters. The number of rotatable bonds is 19. The molecule has 0 spiro atoms. The number of aryl methyl sites for hydroxylation is 2. The van der Waals surface area contributed by atoms with Gasteiger partial charge in [-0.1, -0.05) is 44.7 Å². The highest BCUT2D eigenvalue weighted by molar-refractivity contribution is 6.01. The molecule has 2 saturated carbocycles. The van der Waals surface area contributed by atoms with Crippen LogP contribution in [0.5, 0.6) is 17.2 Å². The molecule has 382 valence electrons. The lowest BCUT2D eigenvalue weighted by Gasteiger charge is -2.32. The fourth-order valence-electron chi connectivity index (χ4n) is 10.9. The van der Waals surface area contributed by atoms with Crippen LogP contribution in [-0.4, -0.2) is 96.1 Å². The summed E-state index contributed by atoms with van der Waals surface area (Å²) in [6.07, 6.45) is 7.26. The lowest BCUT2D eigenvalue weighted by Crippen LogP contribution is -2.46. The van der Waals surface area contributed by atoms with E-state index in [0.717, 1.165) is 36.0 Å². The van der Waals surface area contributed by atoms with E-state index in [0.29, 0.717) is 56.5 Å². The van der Waals surface area contributed by atoms with Crippen molar-refractivity contribution in [3.05, 3.63) is 88.7 Å². The van der Waals surface area contributed by atoms with Crippen LogP contribution >= 0.6 is 0 Å². The second kappa shape index (κ2) is 24.7. The molecule has 2 fully saturated rings. The molecule has 2 amide bonds. The van der Waals surface area contributed by atoms with Gasteiger partial charge in [0.25, 0.3) is 0 Å². The normalized spacial score (nSPS) is 21.3. The van der Waals surface area contributed by atoms with E-state index in [9.17, 15) is 29.2 Å². The van der Waals surface area contributed by atoms with Crippen LogP contribution in [0.25, 0.3) is 22.5 Å². The predicted molar refractivity (Wildman–Crippen MR) is 273 cm³/mol. The molecule has 0 radical (unpaired) electrons. The number of nitrogens with one attached hydrogen (secondary N) is 1. The number of likely N-dealkylation sites (N-methyl/N-ethyl adjacent to an activating group) is 1. The van der Waals surface area contributed by atoms with Crippen LogP contribution in [-0.2, 0) is 25.6 Å². The number of carbonyl (C=O) groups is 5. The molecule has 2 aliphatic carbocycles. The van der Waals surface area contributed by atoms with Crippen molar-refractivity contribution >= 4 is 29.2 Å². The largest absolute Gasteiger partial charge is 0.492 e. The Morgan fingerprint density at radius 3 is 2.08 bits per heavy atom. The van der Waals surface area contributed by atoms with Gasteiger partial charge in [-0.05, 0) is 118 Å². The molecular formula is C56H70N8O8. The number of nitriles is 1. The van der Waals surface area contributed by atoms with Crippen molar-refractivity contribution in [3.8, 4) is 45.8 Å². The fourth-order valence-corrected chi connectivity index (χ4v) is 10.9. The number of nitrogens with two attached hydrogens (primary N) is 3. The number of nitrogens with zero attached hydrogens (tertiary/aromatic N) is 4. The Kier molecular flexibility index (Phi) is 18.3. The molecule has 1 unspecified atom stereocenters. The average molecular weight is 983 g/mol. The standard InChI is InChI=1S/C56H70N8O8/c1-33-26-49(67)53(40-14-18-51(71-25-23-60)45(31-40)44-27-36(11-17-50(44)70-24-22-59)28-46(63-55(33)68)47(65)10-7-20-57)64(4)56(69)41(19-21-58)32-48(66)52-34(2)61-54(62-35(52)3)37-12-15-42(16-13-37)72-43-29-38-8-5-6-9-39(38)30-43/h11-18,27,31,33,38-39,41,43,46,53H,5-10,19,21-26,28-30,32,58-60H2,1-4H3,(H,63,68)/t33-,38-,39+,41-,43?,46+,53+/m1/s1.